The second-order valence-corrected chi connectivity index (χ2v) is 6.02. The van der Waals surface area contributed by atoms with E-state index in [0.717, 1.165) is 4.47 Å². The van der Waals surface area contributed by atoms with Gasteiger partial charge in [-0.05, 0) is 42.8 Å². The van der Waals surface area contributed by atoms with Gasteiger partial charge in [0.25, 0.3) is 0 Å². The van der Waals surface area contributed by atoms with E-state index in [2.05, 4.69) is 21.2 Å². The molecule has 0 radical (unpaired) electrons. The van der Waals surface area contributed by atoms with Crippen molar-refractivity contribution in [1.29, 1.82) is 0 Å². The summed E-state index contributed by atoms with van der Waals surface area (Å²) in [4.78, 5) is 0. The Balaban J connectivity index is 2.35. The highest BCUT2D eigenvalue weighted by molar-refractivity contribution is 9.10. The molecule has 1 N–H and O–H groups in total. The van der Waals surface area contributed by atoms with Crippen LogP contribution in [-0.4, -0.2) is 6.54 Å². The minimum absolute atomic E-state index is 0.0810. The normalized spacial score (nSPS) is 12.4. The summed E-state index contributed by atoms with van der Waals surface area (Å²) in [6.45, 7) is 2.58. The molecular weight excluding hydrogens is 360 g/mol. The lowest BCUT2D eigenvalue weighted by Gasteiger charge is -2.20. The molecule has 0 heterocycles. The molecule has 0 saturated heterocycles. The van der Waals surface area contributed by atoms with Gasteiger partial charge in [0.1, 0.15) is 11.6 Å². The van der Waals surface area contributed by atoms with E-state index in [1.165, 1.54) is 12.1 Å². The van der Waals surface area contributed by atoms with Crippen molar-refractivity contribution in [3.05, 3.63) is 68.7 Å². The highest BCUT2D eigenvalue weighted by atomic mass is 79.9. The molecule has 0 aliphatic heterocycles. The molecule has 1 nitrogen and oxygen atoms in total. The van der Waals surface area contributed by atoms with Crippen LogP contribution in [0.4, 0.5) is 8.78 Å². The van der Waals surface area contributed by atoms with Gasteiger partial charge in [0.05, 0.1) is 5.02 Å². The number of hydrogen-bond acceptors (Lipinski definition) is 1. The topological polar surface area (TPSA) is 12.0 Å². The Bertz CT molecular complexity index is 634. The predicted molar refractivity (Wildman–Crippen MR) is 85.6 cm³/mol. The van der Waals surface area contributed by atoms with Crippen molar-refractivity contribution in [1.82, 2.24) is 5.32 Å². The summed E-state index contributed by atoms with van der Waals surface area (Å²) in [6, 6.07) is 9.30. The second-order valence-electron chi connectivity index (χ2n) is 4.69. The molecule has 0 aliphatic rings. The standard InChI is InChI=1S/C16H15BrClF2N/c1-2-21-15(12-9-11(17)6-7-14(12)19)8-10-4-3-5-13(18)16(10)20/h3-7,9,15,21H,2,8H2,1H3. The summed E-state index contributed by atoms with van der Waals surface area (Å²) in [5.41, 5.74) is 0.971. The molecule has 1 unspecified atom stereocenters. The third-order valence-corrected chi connectivity index (χ3v) is 4.02. The van der Waals surface area contributed by atoms with Gasteiger partial charge in [-0.15, -0.1) is 0 Å². The first-order chi connectivity index (χ1) is 10.0. The van der Waals surface area contributed by atoms with Crippen LogP contribution in [0.15, 0.2) is 40.9 Å². The van der Waals surface area contributed by atoms with Gasteiger partial charge in [-0.3, -0.25) is 0 Å². The van der Waals surface area contributed by atoms with Crippen LogP contribution in [0.1, 0.15) is 24.1 Å². The van der Waals surface area contributed by atoms with Gasteiger partial charge < -0.3 is 5.32 Å². The van der Waals surface area contributed by atoms with Crippen LogP contribution in [0, 0.1) is 11.6 Å². The zero-order valence-electron chi connectivity index (χ0n) is 11.5. The van der Waals surface area contributed by atoms with E-state index in [9.17, 15) is 8.78 Å². The quantitative estimate of drug-likeness (QED) is 0.751. The molecular formula is C16H15BrClF2N. The molecule has 21 heavy (non-hydrogen) atoms. The number of hydrogen-bond donors (Lipinski definition) is 1. The molecule has 0 fully saturated rings. The number of halogens is 4. The van der Waals surface area contributed by atoms with Crippen LogP contribution >= 0.6 is 27.5 Å². The highest BCUT2D eigenvalue weighted by Gasteiger charge is 2.18. The summed E-state index contributed by atoms with van der Waals surface area (Å²) in [5.74, 6) is -0.760. The molecule has 2 rings (SSSR count). The summed E-state index contributed by atoms with van der Waals surface area (Å²) in [6.07, 6.45) is 0.327. The van der Waals surface area contributed by atoms with Crippen LogP contribution in [-0.2, 0) is 6.42 Å². The molecule has 2 aromatic rings. The third-order valence-electron chi connectivity index (χ3n) is 3.24. The monoisotopic (exact) mass is 373 g/mol. The van der Waals surface area contributed by atoms with Gasteiger partial charge in [0.15, 0.2) is 0 Å². The Morgan fingerprint density at radius 3 is 2.71 bits per heavy atom. The number of nitrogens with one attached hydrogen (secondary N) is 1. The van der Waals surface area contributed by atoms with Crippen molar-refractivity contribution in [3.63, 3.8) is 0 Å². The molecule has 112 valence electrons. The third kappa shape index (κ3) is 4.02. The smallest absolute Gasteiger partial charge is 0.145 e. The number of likely N-dealkylation sites (N-methyl/N-ethyl adjacent to an activating group) is 1. The van der Waals surface area contributed by atoms with Crippen LogP contribution in [0.3, 0.4) is 0 Å². The molecule has 2 aromatic carbocycles. The molecule has 1 atom stereocenters. The first-order valence-electron chi connectivity index (χ1n) is 6.64. The zero-order chi connectivity index (χ0) is 15.4. The fraction of sp³-hybridized carbons (Fsp3) is 0.250. The Kier molecular flexibility index (Phi) is 5.73. The lowest BCUT2D eigenvalue weighted by molar-refractivity contribution is 0.498. The van der Waals surface area contributed by atoms with E-state index in [1.807, 2.05) is 6.92 Å². The Morgan fingerprint density at radius 1 is 1.24 bits per heavy atom. The van der Waals surface area contributed by atoms with Crippen molar-refractivity contribution < 1.29 is 8.78 Å². The minimum Gasteiger partial charge on any atom is -0.310 e. The summed E-state index contributed by atoms with van der Waals surface area (Å²) in [7, 11) is 0. The lowest BCUT2D eigenvalue weighted by Crippen LogP contribution is -2.24. The van der Waals surface area contributed by atoms with Crippen molar-refractivity contribution >= 4 is 27.5 Å². The lowest BCUT2D eigenvalue weighted by atomic mass is 9.98. The zero-order valence-corrected chi connectivity index (χ0v) is 13.8. The largest absolute Gasteiger partial charge is 0.310 e. The molecule has 0 aromatic heterocycles. The Labute approximate surface area is 136 Å². The van der Waals surface area contributed by atoms with E-state index < -0.39 is 5.82 Å². The fourth-order valence-corrected chi connectivity index (χ4v) is 2.82. The Morgan fingerprint density at radius 2 is 2.00 bits per heavy atom. The number of benzene rings is 2. The predicted octanol–water partition coefficient (Wildman–Crippen LogP) is 5.27. The first-order valence-corrected chi connectivity index (χ1v) is 7.81. The summed E-state index contributed by atoms with van der Waals surface area (Å²) in [5, 5.41) is 3.27. The summed E-state index contributed by atoms with van der Waals surface area (Å²) < 4.78 is 28.9. The van der Waals surface area contributed by atoms with Crippen LogP contribution < -0.4 is 5.32 Å². The average molecular weight is 375 g/mol. The maximum Gasteiger partial charge on any atom is 0.145 e. The van der Waals surface area contributed by atoms with Gasteiger partial charge in [0.2, 0.25) is 0 Å². The van der Waals surface area contributed by atoms with Crippen molar-refractivity contribution in [2.75, 3.05) is 6.54 Å². The highest BCUT2D eigenvalue weighted by Crippen LogP contribution is 2.27. The first kappa shape index (κ1) is 16.4. The van der Waals surface area contributed by atoms with Crippen molar-refractivity contribution in [3.8, 4) is 0 Å². The van der Waals surface area contributed by atoms with Gasteiger partial charge in [-0.1, -0.05) is 46.6 Å². The van der Waals surface area contributed by atoms with Gasteiger partial charge >= 0.3 is 0 Å². The minimum atomic E-state index is -0.447. The SMILES string of the molecule is CCNC(Cc1cccc(Cl)c1F)c1cc(Br)ccc1F. The van der Waals surface area contributed by atoms with Crippen LogP contribution in [0.25, 0.3) is 0 Å². The average Bonchev–Trinajstić information content (AvgIpc) is 2.46. The van der Waals surface area contributed by atoms with E-state index in [1.54, 1.807) is 24.3 Å². The van der Waals surface area contributed by atoms with Gasteiger partial charge in [-0.2, -0.15) is 0 Å². The van der Waals surface area contributed by atoms with E-state index in [0.29, 0.717) is 24.1 Å². The van der Waals surface area contributed by atoms with E-state index in [4.69, 9.17) is 11.6 Å². The summed E-state index contributed by atoms with van der Waals surface area (Å²) >= 11 is 9.14. The van der Waals surface area contributed by atoms with E-state index >= 15 is 0 Å². The van der Waals surface area contributed by atoms with Crippen LogP contribution in [0.2, 0.25) is 5.02 Å². The van der Waals surface area contributed by atoms with Crippen LogP contribution in [0.5, 0.6) is 0 Å². The fourth-order valence-electron chi connectivity index (χ4n) is 2.25. The van der Waals surface area contributed by atoms with Crippen molar-refractivity contribution in [2.45, 2.75) is 19.4 Å². The second kappa shape index (κ2) is 7.34. The molecule has 0 spiro atoms. The molecule has 0 aliphatic carbocycles. The molecule has 0 amide bonds. The van der Waals surface area contributed by atoms with Gasteiger partial charge in [-0.25, -0.2) is 8.78 Å². The number of rotatable bonds is 5. The maximum atomic E-state index is 14.0. The van der Waals surface area contributed by atoms with Gasteiger partial charge in [0, 0.05) is 16.1 Å². The Hall–Kier alpha value is -0.970. The maximum absolute atomic E-state index is 14.0. The molecule has 0 saturated carbocycles. The van der Waals surface area contributed by atoms with Crippen molar-refractivity contribution in [2.24, 2.45) is 0 Å². The van der Waals surface area contributed by atoms with E-state index in [-0.39, 0.29) is 16.9 Å². The molecule has 5 heteroatoms. The molecule has 0 bridgehead atoms.